The van der Waals surface area contributed by atoms with Crippen molar-refractivity contribution in [3.8, 4) is 0 Å². The topological polar surface area (TPSA) is 30.0 Å². The molecule has 1 heterocycles. The van der Waals surface area contributed by atoms with Crippen molar-refractivity contribution in [1.82, 2.24) is 4.98 Å². The Morgan fingerprint density at radius 1 is 1.54 bits per heavy atom. The lowest BCUT2D eigenvalue weighted by Gasteiger charge is -2.08. The maximum absolute atomic E-state index is 10.8. The van der Waals surface area contributed by atoms with Gasteiger partial charge in [0.25, 0.3) is 0 Å². The second-order valence-corrected chi connectivity index (χ2v) is 4.00. The van der Waals surface area contributed by atoms with E-state index in [0.29, 0.717) is 0 Å². The normalized spacial score (nSPS) is 12.4. The van der Waals surface area contributed by atoms with E-state index in [0.717, 1.165) is 23.4 Å². The van der Waals surface area contributed by atoms with Gasteiger partial charge in [0.2, 0.25) is 0 Å². The lowest BCUT2D eigenvalue weighted by atomic mass is 10.1. The van der Waals surface area contributed by atoms with Crippen molar-refractivity contribution < 1.29 is 4.79 Å². The second kappa shape index (κ2) is 5.75. The van der Waals surface area contributed by atoms with E-state index < -0.39 is 0 Å². The van der Waals surface area contributed by atoms with Crippen LogP contribution in [0.2, 0.25) is 0 Å². The molecule has 70 valence electrons. The molecule has 13 heavy (non-hydrogen) atoms. The lowest BCUT2D eigenvalue weighted by molar-refractivity contribution is -0.108. The molecule has 0 aromatic carbocycles. The zero-order chi connectivity index (χ0) is 9.52. The van der Waals surface area contributed by atoms with Gasteiger partial charge in [-0.3, -0.25) is 4.98 Å². The summed E-state index contributed by atoms with van der Waals surface area (Å²) in [6, 6.07) is 3.80. The van der Waals surface area contributed by atoms with E-state index in [2.05, 4.69) is 11.9 Å². The molecule has 1 unspecified atom stereocenters. The minimum atomic E-state index is 0.0212. The van der Waals surface area contributed by atoms with Gasteiger partial charge in [0.05, 0.1) is 0 Å². The molecule has 2 nitrogen and oxygen atoms in total. The van der Waals surface area contributed by atoms with Crippen molar-refractivity contribution in [2.24, 2.45) is 0 Å². The molecule has 0 aliphatic carbocycles. The third-order valence-electron chi connectivity index (χ3n) is 1.80. The Morgan fingerprint density at radius 3 is 2.77 bits per heavy atom. The molecule has 0 radical (unpaired) electrons. The van der Waals surface area contributed by atoms with Gasteiger partial charge in [0, 0.05) is 24.1 Å². The van der Waals surface area contributed by atoms with Crippen LogP contribution in [0.1, 0.15) is 18.4 Å². The van der Waals surface area contributed by atoms with E-state index in [1.54, 1.807) is 24.2 Å². The van der Waals surface area contributed by atoms with Crippen LogP contribution in [0.4, 0.5) is 0 Å². The Labute approximate surface area is 82.8 Å². The van der Waals surface area contributed by atoms with Crippen LogP contribution >= 0.6 is 11.8 Å². The smallest absolute Gasteiger partial charge is 0.128 e. The highest BCUT2D eigenvalue weighted by Crippen LogP contribution is 2.17. The van der Waals surface area contributed by atoms with Gasteiger partial charge in [-0.2, -0.15) is 11.8 Å². The average molecular weight is 195 g/mol. The first-order chi connectivity index (χ1) is 6.38. The average Bonchev–Trinajstić information content (AvgIpc) is 2.21. The van der Waals surface area contributed by atoms with Crippen LogP contribution in [0.15, 0.2) is 24.5 Å². The number of hydrogen-bond donors (Lipinski definition) is 0. The van der Waals surface area contributed by atoms with Gasteiger partial charge in [-0.15, -0.1) is 0 Å². The number of rotatable bonds is 5. The molecule has 0 fully saturated rings. The third-order valence-corrected chi connectivity index (χ3v) is 2.80. The summed E-state index contributed by atoms with van der Waals surface area (Å²) in [6.45, 7) is 2.10. The van der Waals surface area contributed by atoms with Crippen LogP contribution in [-0.2, 0) is 4.79 Å². The Hall–Kier alpha value is -0.830. The van der Waals surface area contributed by atoms with E-state index in [1.807, 2.05) is 12.1 Å². The van der Waals surface area contributed by atoms with Gasteiger partial charge in [-0.1, -0.05) is 6.92 Å². The first-order valence-corrected chi connectivity index (χ1v) is 5.47. The summed E-state index contributed by atoms with van der Waals surface area (Å²) >= 11 is 1.78. The predicted molar refractivity (Wildman–Crippen MR) is 56.0 cm³/mol. The van der Waals surface area contributed by atoms with Crippen molar-refractivity contribution in [3.63, 3.8) is 0 Å². The van der Waals surface area contributed by atoms with E-state index in [1.165, 1.54) is 0 Å². The summed E-state index contributed by atoms with van der Waals surface area (Å²) in [5.41, 5.74) is 1.06. The zero-order valence-corrected chi connectivity index (χ0v) is 8.46. The summed E-state index contributed by atoms with van der Waals surface area (Å²) in [7, 11) is 0. The molecular formula is C10H13NOS. The van der Waals surface area contributed by atoms with Gasteiger partial charge in [-0.05, 0) is 23.4 Å². The van der Waals surface area contributed by atoms with E-state index in [9.17, 15) is 4.79 Å². The van der Waals surface area contributed by atoms with Crippen LogP contribution in [0, 0.1) is 0 Å². The van der Waals surface area contributed by atoms with E-state index in [4.69, 9.17) is 0 Å². The van der Waals surface area contributed by atoms with Crippen molar-refractivity contribution >= 4 is 18.0 Å². The zero-order valence-electron chi connectivity index (χ0n) is 7.64. The molecule has 0 aliphatic heterocycles. The minimum absolute atomic E-state index is 0.0212. The molecule has 0 N–H and O–H groups in total. The van der Waals surface area contributed by atoms with Crippen LogP contribution < -0.4 is 0 Å². The van der Waals surface area contributed by atoms with Gasteiger partial charge < -0.3 is 4.79 Å². The fourth-order valence-corrected chi connectivity index (χ4v) is 1.83. The van der Waals surface area contributed by atoms with Crippen LogP contribution in [-0.4, -0.2) is 22.8 Å². The highest BCUT2D eigenvalue weighted by molar-refractivity contribution is 7.99. The van der Waals surface area contributed by atoms with E-state index in [-0.39, 0.29) is 5.92 Å². The van der Waals surface area contributed by atoms with Crippen molar-refractivity contribution in [3.05, 3.63) is 30.1 Å². The Balaban J connectivity index is 2.61. The van der Waals surface area contributed by atoms with Gasteiger partial charge in [-0.25, -0.2) is 0 Å². The number of carbonyl (C=O) groups is 1. The SMILES string of the molecule is CCSCC(C=O)c1ccncc1. The predicted octanol–water partition coefficient (Wildman–Crippen LogP) is 2.12. The highest BCUT2D eigenvalue weighted by atomic mass is 32.2. The van der Waals surface area contributed by atoms with Gasteiger partial charge >= 0.3 is 0 Å². The molecule has 1 aromatic rings. The second-order valence-electron chi connectivity index (χ2n) is 2.68. The van der Waals surface area contributed by atoms with Crippen LogP contribution in [0.5, 0.6) is 0 Å². The third kappa shape index (κ3) is 3.19. The Morgan fingerprint density at radius 2 is 2.23 bits per heavy atom. The highest BCUT2D eigenvalue weighted by Gasteiger charge is 2.08. The summed E-state index contributed by atoms with van der Waals surface area (Å²) < 4.78 is 0. The van der Waals surface area contributed by atoms with Crippen molar-refractivity contribution in [2.75, 3.05) is 11.5 Å². The quantitative estimate of drug-likeness (QED) is 0.674. The largest absolute Gasteiger partial charge is 0.303 e. The monoisotopic (exact) mass is 195 g/mol. The molecule has 0 amide bonds. The summed E-state index contributed by atoms with van der Waals surface area (Å²) in [4.78, 5) is 14.7. The molecule has 1 rings (SSSR count). The van der Waals surface area contributed by atoms with E-state index >= 15 is 0 Å². The number of nitrogens with zero attached hydrogens (tertiary/aromatic N) is 1. The molecule has 1 atom stereocenters. The van der Waals surface area contributed by atoms with Crippen molar-refractivity contribution in [2.45, 2.75) is 12.8 Å². The van der Waals surface area contributed by atoms with Gasteiger partial charge in [0.15, 0.2) is 0 Å². The summed E-state index contributed by atoms with van der Waals surface area (Å²) in [6.07, 6.45) is 4.46. The van der Waals surface area contributed by atoms with Gasteiger partial charge in [0.1, 0.15) is 6.29 Å². The fourth-order valence-electron chi connectivity index (χ4n) is 1.07. The fraction of sp³-hybridized carbons (Fsp3) is 0.400. The standard InChI is InChI=1S/C10H13NOS/c1-2-13-8-10(7-12)9-3-5-11-6-4-9/h3-7,10H,2,8H2,1H3. The Bertz CT molecular complexity index is 250. The first kappa shape index (κ1) is 10.3. The van der Waals surface area contributed by atoms with Crippen molar-refractivity contribution in [1.29, 1.82) is 0 Å². The maximum atomic E-state index is 10.8. The number of thioether (sulfide) groups is 1. The minimum Gasteiger partial charge on any atom is -0.303 e. The molecule has 3 heteroatoms. The Kier molecular flexibility index (Phi) is 4.54. The van der Waals surface area contributed by atoms with Crippen LogP contribution in [0.25, 0.3) is 0 Å². The van der Waals surface area contributed by atoms with Crippen LogP contribution in [0.3, 0.4) is 0 Å². The first-order valence-electron chi connectivity index (χ1n) is 4.31. The summed E-state index contributed by atoms with van der Waals surface area (Å²) in [5, 5.41) is 0. The number of carbonyl (C=O) groups excluding carboxylic acids is 1. The lowest BCUT2D eigenvalue weighted by Crippen LogP contribution is -2.03. The molecule has 0 saturated heterocycles. The molecular weight excluding hydrogens is 182 g/mol. The number of aromatic nitrogens is 1. The molecule has 0 aliphatic rings. The maximum Gasteiger partial charge on any atom is 0.128 e. The molecule has 0 saturated carbocycles. The number of pyridine rings is 1. The number of aldehydes is 1. The molecule has 0 bridgehead atoms. The summed E-state index contributed by atoms with van der Waals surface area (Å²) in [5.74, 6) is 1.94. The number of hydrogen-bond acceptors (Lipinski definition) is 3. The molecule has 0 spiro atoms. The molecule has 1 aromatic heterocycles.